The number of fused-ring (bicyclic) bond motifs is 1. The molecule has 0 aliphatic rings. The first kappa shape index (κ1) is 22.7. The molecule has 31 heavy (non-hydrogen) atoms. The molecule has 7 heteroatoms. The number of benzene rings is 2. The third-order valence-electron chi connectivity index (χ3n) is 5.57. The predicted molar refractivity (Wildman–Crippen MR) is 122 cm³/mol. The Kier molecular flexibility index (Phi) is 6.64. The molecule has 0 spiro atoms. The smallest absolute Gasteiger partial charge is 0.317 e. The minimum atomic E-state index is 0.0142. The predicted octanol–water partition coefficient (Wildman–Crippen LogP) is 5.79. The first-order chi connectivity index (χ1) is 14.7. The summed E-state index contributed by atoms with van der Waals surface area (Å²) >= 11 is 0. The SMILES string of the molecule is COc1cc(-c2cc3cc(C=O)cc(OC)c3o2)cc(OC)c1O[Si]C(C)(C)C(C)C. The maximum atomic E-state index is 11.2. The van der Waals surface area contributed by atoms with E-state index >= 15 is 0 Å². The lowest BCUT2D eigenvalue weighted by molar-refractivity contribution is 0.112. The van der Waals surface area contributed by atoms with Crippen LogP contribution in [0.15, 0.2) is 34.7 Å². The Morgan fingerprint density at radius 3 is 2.06 bits per heavy atom. The van der Waals surface area contributed by atoms with Gasteiger partial charge < -0.3 is 23.1 Å². The maximum absolute atomic E-state index is 11.2. The molecule has 0 aliphatic carbocycles. The van der Waals surface area contributed by atoms with Gasteiger partial charge in [-0.3, -0.25) is 4.79 Å². The Morgan fingerprint density at radius 2 is 1.55 bits per heavy atom. The lowest BCUT2D eigenvalue weighted by Crippen LogP contribution is -2.24. The lowest BCUT2D eigenvalue weighted by atomic mass is 9.99. The fourth-order valence-corrected chi connectivity index (χ4v) is 3.73. The third kappa shape index (κ3) is 4.56. The van der Waals surface area contributed by atoms with Gasteiger partial charge in [-0.15, -0.1) is 0 Å². The van der Waals surface area contributed by atoms with Crippen molar-refractivity contribution in [3.05, 3.63) is 35.9 Å². The second-order valence-electron chi connectivity index (χ2n) is 8.16. The molecule has 3 aromatic rings. The van der Waals surface area contributed by atoms with Crippen LogP contribution in [0.2, 0.25) is 5.04 Å². The zero-order valence-corrected chi connectivity index (χ0v) is 20.0. The van der Waals surface area contributed by atoms with Crippen LogP contribution in [0, 0.1) is 5.92 Å². The van der Waals surface area contributed by atoms with Crippen molar-refractivity contribution >= 4 is 27.0 Å². The van der Waals surface area contributed by atoms with E-state index in [1.54, 1.807) is 33.5 Å². The molecule has 0 saturated heterocycles. The van der Waals surface area contributed by atoms with E-state index in [0.29, 0.717) is 45.8 Å². The minimum Gasteiger partial charge on any atom is -0.535 e. The average molecular weight is 441 g/mol. The van der Waals surface area contributed by atoms with Crippen LogP contribution in [-0.4, -0.2) is 37.4 Å². The van der Waals surface area contributed by atoms with Crippen LogP contribution in [0.1, 0.15) is 38.1 Å². The van der Waals surface area contributed by atoms with E-state index in [1.165, 1.54) is 0 Å². The lowest BCUT2D eigenvalue weighted by Gasteiger charge is -2.27. The van der Waals surface area contributed by atoms with Gasteiger partial charge in [0.15, 0.2) is 28.6 Å². The highest BCUT2D eigenvalue weighted by Gasteiger charge is 2.28. The number of aldehydes is 1. The molecule has 0 amide bonds. The van der Waals surface area contributed by atoms with Crippen LogP contribution in [-0.2, 0) is 0 Å². The molecule has 0 aliphatic heterocycles. The van der Waals surface area contributed by atoms with Crippen LogP contribution < -0.4 is 18.6 Å². The number of furan rings is 1. The van der Waals surface area contributed by atoms with E-state index < -0.39 is 0 Å². The van der Waals surface area contributed by atoms with E-state index in [-0.39, 0.29) is 14.8 Å². The number of rotatable bonds is 9. The van der Waals surface area contributed by atoms with E-state index in [2.05, 4.69) is 27.7 Å². The Morgan fingerprint density at radius 1 is 0.935 bits per heavy atom. The molecule has 0 unspecified atom stereocenters. The second-order valence-corrected chi connectivity index (χ2v) is 9.86. The van der Waals surface area contributed by atoms with Crippen molar-refractivity contribution in [2.24, 2.45) is 5.92 Å². The molecule has 2 radical (unpaired) electrons. The first-order valence-electron chi connectivity index (χ1n) is 10.0. The quantitative estimate of drug-likeness (QED) is 0.310. The molecule has 6 nitrogen and oxygen atoms in total. The Balaban J connectivity index is 2.06. The summed E-state index contributed by atoms with van der Waals surface area (Å²) in [5, 5.41) is 0.787. The third-order valence-corrected chi connectivity index (χ3v) is 6.97. The number of carbonyl (C=O) groups is 1. The molecule has 0 atom stereocenters. The summed E-state index contributed by atoms with van der Waals surface area (Å²) in [5.74, 6) is 3.25. The Labute approximate surface area is 185 Å². The standard InChI is InChI=1S/C24H28O6Si/c1-14(2)24(3,4)31-30-23-20(27-6)10-16(11-21(23)28-7)18-12-17-8-15(13-25)9-19(26-5)22(17)29-18/h8-14H,1-7H3. The van der Waals surface area contributed by atoms with Gasteiger partial charge in [0, 0.05) is 16.5 Å². The number of methoxy groups -OCH3 is 3. The van der Waals surface area contributed by atoms with Gasteiger partial charge in [0.2, 0.25) is 0 Å². The van der Waals surface area contributed by atoms with E-state index in [9.17, 15) is 4.79 Å². The molecule has 0 N–H and O–H groups in total. The Hall–Kier alpha value is -2.93. The van der Waals surface area contributed by atoms with Crippen molar-refractivity contribution in [3.8, 4) is 34.3 Å². The number of hydrogen-bond donors (Lipinski definition) is 0. The highest BCUT2D eigenvalue weighted by Crippen LogP contribution is 2.44. The largest absolute Gasteiger partial charge is 0.535 e. The second kappa shape index (κ2) is 9.06. The van der Waals surface area contributed by atoms with Crippen LogP contribution in [0.4, 0.5) is 0 Å². The number of carbonyl (C=O) groups excluding carboxylic acids is 1. The summed E-state index contributed by atoms with van der Waals surface area (Å²) in [6.45, 7) is 8.72. The Bertz CT molecular complexity index is 1060. The van der Waals surface area contributed by atoms with Gasteiger partial charge in [-0.1, -0.05) is 27.7 Å². The van der Waals surface area contributed by atoms with Gasteiger partial charge in [-0.05, 0) is 41.3 Å². The molecule has 1 aromatic heterocycles. The molecule has 164 valence electrons. The minimum absolute atomic E-state index is 0.0142. The zero-order valence-electron chi connectivity index (χ0n) is 19.0. The summed E-state index contributed by atoms with van der Waals surface area (Å²) < 4.78 is 28.9. The van der Waals surface area contributed by atoms with Crippen molar-refractivity contribution in [3.63, 3.8) is 0 Å². The topological polar surface area (TPSA) is 67.1 Å². The van der Waals surface area contributed by atoms with Gasteiger partial charge in [-0.25, -0.2) is 0 Å². The molecule has 0 saturated carbocycles. The van der Waals surface area contributed by atoms with Crippen molar-refractivity contribution in [2.45, 2.75) is 32.7 Å². The van der Waals surface area contributed by atoms with Crippen molar-refractivity contribution in [1.29, 1.82) is 0 Å². The highest BCUT2D eigenvalue weighted by molar-refractivity contribution is 6.33. The highest BCUT2D eigenvalue weighted by atomic mass is 28.2. The van der Waals surface area contributed by atoms with E-state index in [0.717, 1.165) is 17.2 Å². The van der Waals surface area contributed by atoms with Crippen molar-refractivity contribution in [1.82, 2.24) is 0 Å². The van der Waals surface area contributed by atoms with Gasteiger partial charge >= 0.3 is 9.76 Å². The molecular weight excluding hydrogens is 412 g/mol. The van der Waals surface area contributed by atoms with Gasteiger partial charge in [-0.2, -0.15) is 0 Å². The van der Waals surface area contributed by atoms with Crippen LogP contribution in [0.3, 0.4) is 0 Å². The van der Waals surface area contributed by atoms with Crippen molar-refractivity contribution in [2.75, 3.05) is 21.3 Å². The molecule has 1 heterocycles. The normalized spacial score (nSPS) is 11.6. The maximum Gasteiger partial charge on any atom is 0.317 e. The summed E-state index contributed by atoms with van der Waals surface area (Å²) in [7, 11) is 4.97. The summed E-state index contributed by atoms with van der Waals surface area (Å²) in [5.41, 5.74) is 1.85. The van der Waals surface area contributed by atoms with Gasteiger partial charge in [0.1, 0.15) is 12.0 Å². The average Bonchev–Trinajstić information content (AvgIpc) is 3.20. The van der Waals surface area contributed by atoms with Crippen LogP contribution in [0.25, 0.3) is 22.3 Å². The summed E-state index contributed by atoms with van der Waals surface area (Å²) in [4.78, 5) is 11.2. The molecule has 0 fully saturated rings. The van der Waals surface area contributed by atoms with Gasteiger partial charge in [0.25, 0.3) is 0 Å². The fourth-order valence-electron chi connectivity index (χ4n) is 2.93. The van der Waals surface area contributed by atoms with E-state index in [1.807, 2.05) is 18.2 Å². The first-order valence-corrected chi connectivity index (χ1v) is 10.9. The summed E-state index contributed by atoms with van der Waals surface area (Å²) in [6, 6.07) is 8.99. The van der Waals surface area contributed by atoms with Crippen LogP contribution in [0.5, 0.6) is 23.0 Å². The molecular formula is C24H28O6Si. The molecule has 2 aromatic carbocycles. The fraction of sp³-hybridized carbons (Fsp3) is 0.375. The van der Waals surface area contributed by atoms with E-state index in [4.69, 9.17) is 23.1 Å². The monoisotopic (exact) mass is 440 g/mol. The summed E-state index contributed by atoms with van der Waals surface area (Å²) in [6.07, 6.45) is 0.784. The number of ether oxygens (including phenoxy) is 3. The number of hydrogen-bond acceptors (Lipinski definition) is 6. The molecule has 0 bridgehead atoms. The van der Waals surface area contributed by atoms with Crippen LogP contribution >= 0.6 is 0 Å². The zero-order chi connectivity index (χ0) is 22.8. The van der Waals surface area contributed by atoms with Crippen molar-refractivity contribution < 1.29 is 27.8 Å². The van der Waals surface area contributed by atoms with Gasteiger partial charge in [0.05, 0.1) is 21.3 Å². The molecule has 3 rings (SSSR count).